The molecular weight excluding hydrogens is 579 g/mol. The fraction of sp³-hybridized carbons (Fsp3) is 0.407. The molecule has 0 bridgehead atoms. The summed E-state index contributed by atoms with van der Waals surface area (Å²) in [7, 11) is 1.49. The van der Waals surface area contributed by atoms with E-state index in [1.165, 1.54) is 19.4 Å². The highest BCUT2D eigenvalue weighted by molar-refractivity contribution is 9.10. The van der Waals surface area contributed by atoms with Gasteiger partial charge in [-0.2, -0.15) is 0 Å². The highest BCUT2D eigenvalue weighted by Gasteiger charge is 2.32. The topological polar surface area (TPSA) is 84.8 Å². The van der Waals surface area contributed by atoms with Crippen molar-refractivity contribution < 1.29 is 18.7 Å². The van der Waals surface area contributed by atoms with Gasteiger partial charge in [-0.1, -0.05) is 33.6 Å². The molecule has 1 aromatic heterocycles. The SMILES string of the molecule is COc1c(N2CC(C)NC(C)C2)c(F)cc2c(=O)c(OC(=O)NCc3ccc(Br)cc3Cl)cn(C3CC3)c12. The molecule has 2 unspecified atom stereocenters. The number of nitrogens with one attached hydrogen (secondary N) is 2. The molecule has 2 aromatic carbocycles. The Bertz CT molecular complexity index is 1450. The van der Waals surface area contributed by atoms with Gasteiger partial charge in [-0.25, -0.2) is 9.18 Å². The molecule has 202 valence electrons. The van der Waals surface area contributed by atoms with Gasteiger partial charge in [0.15, 0.2) is 17.3 Å². The number of nitrogens with zero attached hydrogens (tertiary/aromatic N) is 2. The molecule has 38 heavy (non-hydrogen) atoms. The largest absolute Gasteiger partial charge is 0.492 e. The first-order chi connectivity index (χ1) is 18.2. The zero-order valence-corrected chi connectivity index (χ0v) is 23.7. The molecule has 1 aliphatic carbocycles. The molecule has 0 spiro atoms. The van der Waals surface area contributed by atoms with Gasteiger partial charge in [-0.15, -0.1) is 0 Å². The molecule has 1 saturated carbocycles. The van der Waals surface area contributed by atoms with E-state index in [2.05, 4.69) is 26.6 Å². The molecule has 0 radical (unpaired) electrons. The lowest BCUT2D eigenvalue weighted by Gasteiger charge is -2.38. The Balaban J connectivity index is 1.51. The van der Waals surface area contributed by atoms with Crippen molar-refractivity contribution in [2.75, 3.05) is 25.1 Å². The second-order valence-electron chi connectivity index (χ2n) is 9.95. The van der Waals surface area contributed by atoms with Gasteiger partial charge in [0.1, 0.15) is 5.69 Å². The third kappa shape index (κ3) is 5.34. The quantitative estimate of drug-likeness (QED) is 0.392. The third-order valence-corrected chi connectivity index (χ3v) is 7.67. The summed E-state index contributed by atoms with van der Waals surface area (Å²) in [6.45, 7) is 5.41. The molecule has 5 rings (SSSR count). The summed E-state index contributed by atoms with van der Waals surface area (Å²) < 4.78 is 29.6. The van der Waals surface area contributed by atoms with Gasteiger partial charge in [0, 0.05) is 47.3 Å². The van der Waals surface area contributed by atoms with Crippen LogP contribution in [0.5, 0.6) is 11.5 Å². The van der Waals surface area contributed by atoms with Crippen LogP contribution in [0.3, 0.4) is 0 Å². The number of hydrogen-bond donors (Lipinski definition) is 2. The minimum absolute atomic E-state index is 0.0955. The number of benzene rings is 2. The molecular formula is C27H29BrClFN4O4. The van der Waals surface area contributed by atoms with E-state index in [4.69, 9.17) is 21.1 Å². The highest BCUT2D eigenvalue weighted by Crippen LogP contribution is 2.44. The van der Waals surface area contributed by atoms with E-state index in [-0.39, 0.29) is 35.8 Å². The van der Waals surface area contributed by atoms with Crippen LogP contribution >= 0.6 is 27.5 Å². The summed E-state index contributed by atoms with van der Waals surface area (Å²) in [5.74, 6) is -0.421. The van der Waals surface area contributed by atoms with Crippen molar-refractivity contribution in [3.05, 3.63) is 61.6 Å². The average Bonchev–Trinajstić information content (AvgIpc) is 3.69. The summed E-state index contributed by atoms with van der Waals surface area (Å²) in [5.41, 5.74) is 0.951. The molecule has 2 heterocycles. The van der Waals surface area contributed by atoms with Gasteiger partial charge in [-0.3, -0.25) is 4.79 Å². The number of hydrogen-bond acceptors (Lipinski definition) is 6. The van der Waals surface area contributed by atoms with Gasteiger partial charge in [0.05, 0.1) is 24.2 Å². The number of amides is 1. The number of pyridine rings is 1. The van der Waals surface area contributed by atoms with Crippen LogP contribution in [0, 0.1) is 5.82 Å². The maximum absolute atomic E-state index is 15.7. The Labute approximate surface area is 233 Å². The number of anilines is 1. The molecule has 2 N–H and O–H groups in total. The van der Waals surface area contributed by atoms with Crippen LogP contribution in [-0.2, 0) is 6.54 Å². The van der Waals surface area contributed by atoms with Crippen LogP contribution in [0.25, 0.3) is 10.9 Å². The Morgan fingerprint density at radius 3 is 2.58 bits per heavy atom. The molecule has 1 saturated heterocycles. The lowest BCUT2D eigenvalue weighted by Crippen LogP contribution is -2.54. The number of rotatable bonds is 6. The van der Waals surface area contributed by atoms with Gasteiger partial charge < -0.3 is 29.6 Å². The van der Waals surface area contributed by atoms with Gasteiger partial charge in [-0.05, 0) is 50.5 Å². The van der Waals surface area contributed by atoms with Crippen LogP contribution in [0.2, 0.25) is 5.02 Å². The first-order valence-electron chi connectivity index (χ1n) is 12.5. The number of aromatic nitrogens is 1. The van der Waals surface area contributed by atoms with Crippen LogP contribution in [0.1, 0.15) is 38.3 Å². The minimum Gasteiger partial charge on any atom is -0.492 e. The van der Waals surface area contributed by atoms with E-state index >= 15 is 4.39 Å². The third-order valence-electron chi connectivity index (χ3n) is 6.82. The Kier molecular flexibility index (Phi) is 7.57. The van der Waals surface area contributed by atoms with Crippen molar-refractivity contribution in [2.45, 2.75) is 51.4 Å². The number of piperazine rings is 1. The van der Waals surface area contributed by atoms with Crippen molar-refractivity contribution in [2.24, 2.45) is 0 Å². The van der Waals surface area contributed by atoms with Gasteiger partial charge in [0.2, 0.25) is 5.43 Å². The molecule has 2 fully saturated rings. The molecule has 1 aliphatic heterocycles. The Morgan fingerprint density at radius 1 is 1.24 bits per heavy atom. The van der Waals surface area contributed by atoms with E-state index in [0.717, 1.165) is 17.3 Å². The Hall–Kier alpha value is -2.82. The first-order valence-corrected chi connectivity index (χ1v) is 13.7. The van der Waals surface area contributed by atoms with E-state index in [1.54, 1.807) is 12.1 Å². The molecule has 8 nitrogen and oxygen atoms in total. The maximum atomic E-state index is 15.7. The first kappa shape index (κ1) is 26.8. The lowest BCUT2D eigenvalue weighted by atomic mass is 10.1. The molecule has 2 aliphatic rings. The number of carbonyl (C=O) groups is 1. The predicted octanol–water partition coefficient (Wildman–Crippen LogP) is 5.38. The van der Waals surface area contributed by atoms with Crippen molar-refractivity contribution in [1.82, 2.24) is 15.2 Å². The summed E-state index contributed by atoms with van der Waals surface area (Å²) in [5, 5.41) is 6.65. The smallest absolute Gasteiger partial charge is 0.413 e. The van der Waals surface area contributed by atoms with Crippen molar-refractivity contribution in [1.29, 1.82) is 0 Å². The van der Waals surface area contributed by atoms with E-state index < -0.39 is 17.3 Å². The number of fused-ring (bicyclic) bond motifs is 1. The van der Waals surface area contributed by atoms with E-state index in [0.29, 0.717) is 40.6 Å². The molecule has 1 amide bonds. The summed E-state index contributed by atoms with van der Waals surface area (Å²) >= 11 is 9.57. The van der Waals surface area contributed by atoms with Crippen LogP contribution in [0.15, 0.2) is 39.7 Å². The average molecular weight is 608 g/mol. The minimum atomic E-state index is -0.810. The molecule has 11 heteroatoms. The zero-order valence-electron chi connectivity index (χ0n) is 21.3. The summed E-state index contributed by atoms with van der Waals surface area (Å²) in [6, 6.07) is 6.95. The lowest BCUT2D eigenvalue weighted by molar-refractivity contribution is 0.199. The van der Waals surface area contributed by atoms with E-state index in [9.17, 15) is 9.59 Å². The van der Waals surface area contributed by atoms with Crippen LogP contribution in [-0.4, -0.2) is 42.9 Å². The molecule has 2 atom stereocenters. The number of methoxy groups -OCH3 is 1. The van der Waals surface area contributed by atoms with Crippen LogP contribution < -0.4 is 30.4 Å². The highest BCUT2D eigenvalue weighted by atomic mass is 79.9. The summed E-state index contributed by atoms with van der Waals surface area (Å²) in [4.78, 5) is 28.0. The second-order valence-corrected chi connectivity index (χ2v) is 11.3. The maximum Gasteiger partial charge on any atom is 0.413 e. The van der Waals surface area contributed by atoms with Crippen molar-refractivity contribution in [3.8, 4) is 11.5 Å². The van der Waals surface area contributed by atoms with Crippen molar-refractivity contribution >= 4 is 50.2 Å². The number of ether oxygens (including phenoxy) is 2. The molecule has 3 aromatic rings. The predicted molar refractivity (Wildman–Crippen MR) is 149 cm³/mol. The Morgan fingerprint density at radius 2 is 1.95 bits per heavy atom. The second kappa shape index (κ2) is 10.7. The van der Waals surface area contributed by atoms with E-state index in [1.807, 2.05) is 29.4 Å². The number of halogens is 3. The summed E-state index contributed by atoms with van der Waals surface area (Å²) in [6.07, 6.45) is 2.50. The van der Waals surface area contributed by atoms with Gasteiger partial charge in [0.25, 0.3) is 0 Å². The zero-order chi connectivity index (χ0) is 27.1. The van der Waals surface area contributed by atoms with Crippen molar-refractivity contribution in [3.63, 3.8) is 0 Å². The monoisotopic (exact) mass is 606 g/mol. The van der Waals surface area contributed by atoms with Crippen LogP contribution in [0.4, 0.5) is 14.9 Å². The van der Waals surface area contributed by atoms with Gasteiger partial charge >= 0.3 is 6.09 Å². The fourth-order valence-corrected chi connectivity index (χ4v) is 5.84. The normalized spacial score (nSPS) is 19.5. The number of carbonyl (C=O) groups excluding carboxylic acids is 1. The fourth-order valence-electron chi connectivity index (χ4n) is 5.10. The standard InChI is InChI=1S/C27H29BrClFN4O4/c1-14-11-33(12-15(2)32-14)24-21(30)9-19-23(26(24)37-3)34(18-6-7-18)13-22(25(19)35)38-27(36)31-10-16-4-5-17(28)8-20(16)29/h4-5,8-9,13-15,18,32H,6-7,10-12H2,1-3H3,(H,31,36).